The summed E-state index contributed by atoms with van der Waals surface area (Å²) in [6.45, 7) is 4.88. The lowest BCUT2D eigenvalue weighted by Gasteiger charge is -2.25. The van der Waals surface area contributed by atoms with Crippen LogP contribution in [-0.2, 0) is 4.79 Å². The zero-order chi connectivity index (χ0) is 14.7. The average molecular weight is 356 g/mol. The van der Waals surface area contributed by atoms with Gasteiger partial charge in [-0.3, -0.25) is 4.79 Å². The monoisotopic (exact) mass is 355 g/mol. The van der Waals surface area contributed by atoms with Crippen molar-refractivity contribution in [2.24, 2.45) is 5.73 Å². The standard InChI is InChI=1S/C14H18BrN3OS/c1-10(19)17-5-2-6-18(8-7-17)13-4-3-11(15)9-12(13)14(16)20/h3-4,9H,2,5-8H2,1H3,(H2,16,20). The third kappa shape index (κ3) is 3.49. The van der Waals surface area contributed by atoms with E-state index in [9.17, 15) is 4.79 Å². The van der Waals surface area contributed by atoms with Crippen molar-refractivity contribution in [3.63, 3.8) is 0 Å². The van der Waals surface area contributed by atoms with E-state index in [2.05, 4.69) is 20.8 Å². The van der Waals surface area contributed by atoms with Crippen molar-refractivity contribution in [2.75, 3.05) is 31.1 Å². The minimum Gasteiger partial charge on any atom is -0.389 e. The number of nitrogens with two attached hydrogens (primary N) is 1. The van der Waals surface area contributed by atoms with Gasteiger partial charge >= 0.3 is 0 Å². The van der Waals surface area contributed by atoms with Gasteiger partial charge in [-0.05, 0) is 24.6 Å². The maximum atomic E-state index is 11.5. The number of thiocarbonyl (C=S) groups is 1. The lowest BCUT2D eigenvalue weighted by molar-refractivity contribution is -0.128. The summed E-state index contributed by atoms with van der Waals surface area (Å²) in [4.78, 5) is 16.0. The fourth-order valence-electron chi connectivity index (χ4n) is 2.45. The zero-order valence-electron chi connectivity index (χ0n) is 11.4. The summed E-state index contributed by atoms with van der Waals surface area (Å²) in [5.41, 5.74) is 7.75. The molecule has 1 aromatic rings. The molecule has 2 rings (SSSR count). The molecule has 1 amide bonds. The molecular formula is C14H18BrN3OS. The molecule has 0 atom stereocenters. The highest BCUT2D eigenvalue weighted by Crippen LogP contribution is 2.25. The zero-order valence-corrected chi connectivity index (χ0v) is 13.8. The number of carbonyl (C=O) groups excluding carboxylic acids is 1. The van der Waals surface area contributed by atoms with Crippen LogP contribution in [0, 0.1) is 0 Å². The Morgan fingerprint density at radius 2 is 2.05 bits per heavy atom. The van der Waals surface area contributed by atoms with Gasteiger partial charge in [0.25, 0.3) is 0 Å². The summed E-state index contributed by atoms with van der Waals surface area (Å²) in [7, 11) is 0. The van der Waals surface area contributed by atoms with Gasteiger partial charge in [0.1, 0.15) is 4.99 Å². The molecule has 0 radical (unpaired) electrons. The van der Waals surface area contributed by atoms with Crippen molar-refractivity contribution >= 4 is 44.7 Å². The molecule has 108 valence electrons. The van der Waals surface area contributed by atoms with Crippen LogP contribution in [0.2, 0.25) is 0 Å². The van der Waals surface area contributed by atoms with Gasteiger partial charge in [-0.25, -0.2) is 0 Å². The Bertz CT molecular complexity index is 535. The predicted octanol–water partition coefficient (Wildman–Crippen LogP) is 2.14. The maximum absolute atomic E-state index is 11.5. The van der Waals surface area contributed by atoms with Crippen molar-refractivity contribution < 1.29 is 4.79 Å². The number of nitrogens with zero attached hydrogens (tertiary/aromatic N) is 2. The summed E-state index contributed by atoms with van der Waals surface area (Å²) in [5.74, 6) is 0.136. The van der Waals surface area contributed by atoms with Gasteiger partial charge in [-0.2, -0.15) is 0 Å². The lowest BCUT2D eigenvalue weighted by atomic mass is 10.1. The van der Waals surface area contributed by atoms with Crippen molar-refractivity contribution in [3.05, 3.63) is 28.2 Å². The fraction of sp³-hybridized carbons (Fsp3) is 0.429. The number of anilines is 1. The van der Waals surface area contributed by atoms with E-state index in [4.69, 9.17) is 18.0 Å². The van der Waals surface area contributed by atoms with E-state index < -0.39 is 0 Å². The summed E-state index contributed by atoms with van der Waals surface area (Å²) < 4.78 is 0.962. The Kier molecular flexibility index (Phi) is 4.99. The van der Waals surface area contributed by atoms with Crippen LogP contribution in [0.3, 0.4) is 0 Å². The minimum absolute atomic E-state index is 0.136. The van der Waals surface area contributed by atoms with Crippen LogP contribution < -0.4 is 10.6 Å². The summed E-state index contributed by atoms with van der Waals surface area (Å²) in [5, 5.41) is 0. The highest BCUT2D eigenvalue weighted by atomic mass is 79.9. The SMILES string of the molecule is CC(=O)N1CCCN(c2ccc(Br)cc2C(N)=S)CC1. The van der Waals surface area contributed by atoms with Crippen molar-refractivity contribution in [1.82, 2.24) is 4.90 Å². The van der Waals surface area contributed by atoms with Crippen LogP contribution in [-0.4, -0.2) is 42.0 Å². The normalized spacial score (nSPS) is 15.9. The molecule has 1 saturated heterocycles. The van der Waals surface area contributed by atoms with E-state index in [0.717, 1.165) is 48.3 Å². The van der Waals surface area contributed by atoms with Gasteiger partial charge in [0, 0.05) is 48.8 Å². The van der Waals surface area contributed by atoms with E-state index >= 15 is 0 Å². The maximum Gasteiger partial charge on any atom is 0.219 e. The molecule has 4 nitrogen and oxygen atoms in total. The summed E-state index contributed by atoms with van der Waals surface area (Å²) in [6.07, 6.45) is 0.951. The molecule has 1 fully saturated rings. The minimum atomic E-state index is 0.136. The lowest BCUT2D eigenvalue weighted by Crippen LogP contribution is -2.34. The Morgan fingerprint density at radius 1 is 1.30 bits per heavy atom. The average Bonchev–Trinajstić information content (AvgIpc) is 2.64. The topological polar surface area (TPSA) is 49.6 Å². The number of hydrogen-bond acceptors (Lipinski definition) is 3. The second kappa shape index (κ2) is 6.54. The van der Waals surface area contributed by atoms with Crippen molar-refractivity contribution in [1.29, 1.82) is 0 Å². The first-order chi connectivity index (χ1) is 9.49. The van der Waals surface area contributed by atoms with Crippen LogP contribution in [0.15, 0.2) is 22.7 Å². The molecule has 1 heterocycles. The number of carbonyl (C=O) groups is 1. The molecule has 0 bridgehead atoms. The number of hydrogen-bond donors (Lipinski definition) is 1. The van der Waals surface area contributed by atoms with Gasteiger partial charge in [-0.15, -0.1) is 0 Å². The first-order valence-corrected chi connectivity index (χ1v) is 7.79. The molecule has 0 spiro atoms. The Hall–Kier alpha value is -1.14. The van der Waals surface area contributed by atoms with Crippen molar-refractivity contribution in [3.8, 4) is 0 Å². The van der Waals surface area contributed by atoms with E-state index in [1.165, 1.54) is 0 Å². The van der Waals surface area contributed by atoms with E-state index in [1.54, 1.807) is 6.92 Å². The van der Waals surface area contributed by atoms with Gasteiger partial charge in [-0.1, -0.05) is 28.1 Å². The highest BCUT2D eigenvalue weighted by molar-refractivity contribution is 9.10. The molecule has 0 unspecified atom stereocenters. The Morgan fingerprint density at radius 3 is 2.70 bits per heavy atom. The van der Waals surface area contributed by atoms with Crippen LogP contribution in [0.4, 0.5) is 5.69 Å². The molecule has 6 heteroatoms. The van der Waals surface area contributed by atoms with Gasteiger partial charge in [0.15, 0.2) is 0 Å². The third-order valence-electron chi connectivity index (χ3n) is 3.51. The quantitative estimate of drug-likeness (QED) is 0.825. The first kappa shape index (κ1) is 15.3. The number of halogens is 1. The first-order valence-electron chi connectivity index (χ1n) is 6.59. The third-order valence-corrected chi connectivity index (χ3v) is 4.22. The van der Waals surface area contributed by atoms with E-state index in [0.29, 0.717) is 4.99 Å². The number of amides is 1. The van der Waals surface area contributed by atoms with E-state index in [1.807, 2.05) is 23.1 Å². The van der Waals surface area contributed by atoms with Gasteiger partial charge < -0.3 is 15.5 Å². The number of rotatable bonds is 2. The molecule has 2 N–H and O–H groups in total. The second-order valence-electron chi connectivity index (χ2n) is 4.87. The molecule has 20 heavy (non-hydrogen) atoms. The van der Waals surface area contributed by atoms with E-state index in [-0.39, 0.29) is 5.91 Å². The highest BCUT2D eigenvalue weighted by Gasteiger charge is 2.19. The molecule has 0 aliphatic carbocycles. The summed E-state index contributed by atoms with van der Waals surface area (Å²) in [6, 6.07) is 5.97. The van der Waals surface area contributed by atoms with Crippen molar-refractivity contribution in [2.45, 2.75) is 13.3 Å². The molecule has 0 saturated carbocycles. The summed E-state index contributed by atoms with van der Waals surface area (Å²) >= 11 is 8.59. The molecule has 1 aliphatic rings. The Labute approximate surface area is 133 Å². The largest absolute Gasteiger partial charge is 0.389 e. The van der Waals surface area contributed by atoms with Crippen LogP contribution in [0.5, 0.6) is 0 Å². The molecule has 0 aromatic heterocycles. The Balaban J connectivity index is 2.23. The molecular weight excluding hydrogens is 338 g/mol. The number of benzene rings is 1. The smallest absolute Gasteiger partial charge is 0.219 e. The second-order valence-corrected chi connectivity index (χ2v) is 6.23. The van der Waals surface area contributed by atoms with Gasteiger partial charge in [0.05, 0.1) is 0 Å². The van der Waals surface area contributed by atoms with Crippen LogP contribution >= 0.6 is 28.1 Å². The van der Waals surface area contributed by atoms with Crippen LogP contribution in [0.25, 0.3) is 0 Å². The van der Waals surface area contributed by atoms with Gasteiger partial charge in [0.2, 0.25) is 5.91 Å². The van der Waals surface area contributed by atoms with Crippen LogP contribution in [0.1, 0.15) is 18.9 Å². The molecule has 1 aromatic carbocycles. The predicted molar refractivity (Wildman–Crippen MR) is 89.1 cm³/mol. The fourth-order valence-corrected chi connectivity index (χ4v) is 2.98. The molecule has 1 aliphatic heterocycles.